The SMILES string of the molecule is [B]1OOCC1c1ccc2c(c1)OCO2. The Morgan fingerprint density at radius 3 is 3.00 bits per heavy atom. The van der Waals surface area contributed by atoms with Crippen LogP contribution in [0.2, 0.25) is 0 Å². The summed E-state index contributed by atoms with van der Waals surface area (Å²) in [4.78, 5) is 9.54. The number of fused-ring (bicyclic) bond motifs is 1. The standard InChI is InChI=1S/C9H8BO4/c1-2-8-9(12-5-11-8)3-6(1)7-4-13-14-10-7/h1-3,7H,4-5H2. The van der Waals surface area contributed by atoms with E-state index in [1.807, 2.05) is 18.2 Å². The van der Waals surface area contributed by atoms with Gasteiger partial charge in [-0.15, -0.1) is 0 Å². The summed E-state index contributed by atoms with van der Waals surface area (Å²) in [7, 11) is 1.68. The molecule has 0 spiro atoms. The summed E-state index contributed by atoms with van der Waals surface area (Å²) in [6.07, 6.45) is 0. The summed E-state index contributed by atoms with van der Waals surface area (Å²) >= 11 is 0. The lowest BCUT2D eigenvalue weighted by molar-refractivity contribution is -0.183. The van der Waals surface area contributed by atoms with Gasteiger partial charge in [-0.3, -0.25) is 4.89 Å². The topological polar surface area (TPSA) is 36.9 Å². The molecule has 0 amide bonds. The molecule has 0 saturated carbocycles. The van der Waals surface area contributed by atoms with Gasteiger partial charge in [-0.05, 0) is 17.7 Å². The van der Waals surface area contributed by atoms with Crippen molar-refractivity contribution in [1.29, 1.82) is 0 Å². The number of hydrogen-bond acceptors (Lipinski definition) is 4. The largest absolute Gasteiger partial charge is 0.454 e. The van der Waals surface area contributed by atoms with Gasteiger partial charge in [0, 0.05) is 5.82 Å². The van der Waals surface area contributed by atoms with Crippen LogP contribution in [0.25, 0.3) is 0 Å². The van der Waals surface area contributed by atoms with Crippen LogP contribution in [-0.2, 0) is 9.69 Å². The van der Waals surface area contributed by atoms with Crippen molar-refractivity contribution in [1.82, 2.24) is 0 Å². The predicted molar refractivity (Wildman–Crippen MR) is 48.1 cm³/mol. The maximum Gasteiger partial charge on any atom is 0.354 e. The van der Waals surface area contributed by atoms with E-state index in [0.29, 0.717) is 13.4 Å². The second kappa shape index (κ2) is 3.18. The molecule has 2 aliphatic rings. The molecule has 0 aromatic heterocycles. The Bertz CT molecular complexity index is 349. The minimum atomic E-state index is 0.185. The highest BCUT2D eigenvalue weighted by atomic mass is 17.2. The Kier molecular flexibility index (Phi) is 1.85. The average molecular weight is 191 g/mol. The van der Waals surface area contributed by atoms with Crippen LogP contribution < -0.4 is 9.47 Å². The van der Waals surface area contributed by atoms with Gasteiger partial charge < -0.3 is 14.3 Å². The van der Waals surface area contributed by atoms with Crippen molar-refractivity contribution in [2.45, 2.75) is 5.82 Å². The van der Waals surface area contributed by atoms with Crippen molar-refractivity contribution >= 4 is 7.48 Å². The quantitative estimate of drug-likeness (QED) is 0.490. The van der Waals surface area contributed by atoms with Gasteiger partial charge >= 0.3 is 7.48 Å². The molecule has 2 aliphatic heterocycles. The van der Waals surface area contributed by atoms with Gasteiger partial charge in [-0.2, -0.15) is 0 Å². The van der Waals surface area contributed by atoms with Crippen LogP contribution in [0.4, 0.5) is 0 Å². The third-order valence-corrected chi connectivity index (χ3v) is 2.36. The van der Waals surface area contributed by atoms with Gasteiger partial charge in [-0.25, -0.2) is 0 Å². The molecule has 0 bridgehead atoms. The molecule has 1 fully saturated rings. The summed E-state index contributed by atoms with van der Waals surface area (Å²) in [6.45, 7) is 0.861. The van der Waals surface area contributed by atoms with Gasteiger partial charge in [0.15, 0.2) is 11.5 Å². The molecule has 71 valence electrons. The third kappa shape index (κ3) is 1.25. The van der Waals surface area contributed by atoms with Gasteiger partial charge in [0.2, 0.25) is 6.79 Å². The summed E-state index contributed by atoms with van der Waals surface area (Å²) in [6, 6.07) is 5.86. The molecule has 0 aliphatic carbocycles. The molecule has 5 heteroatoms. The summed E-state index contributed by atoms with van der Waals surface area (Å²) < 4.78 is 10.5. The van der Waals surface area contributed by atoms with Crippen LogP contribution in [0.3, 0.4) is 0 Å². The molecule has 14 heavy (non-hydrogen) atoms. The lowest BCUT2D eigenvalue weighted by atomic mass is 9.77. The molecular formula is C9H8BO4. The van der Waals surface area contributed by atoms with Crippen molar-refractivity contribution < 1.29 is 19.2 Å². The highest BCUT2D eigenvalue weighted by Gasteiger charge is 2.24. The fraction of sp³-hybridized carbons (Fsp3) is 0.333. The predicted octanol–water partition coefficient (Wildman–Crippen LogP) is 1.04. The van der Waals surface area contributed by atoms with E-state index in [2.05, 4.69) is 0 Å². The van der Waals surface area contributed by atoms with Crippen molar-refractivity contribution in [3.63, 3.8) is 0 Å². The summed E-state index contributed by atoms with van der Waals surface area (Å²) in [5, 5.41) is 0. The minimum Gasteiger partial charge on any atom is -0.454 e. The molecule has 0 N–H and O–H groups in total. The number of ether oxygens (including phenoxy) is 2. The lowest BCUT2D eigenvalue weighted by Crippen LogP contribution is -2.03. The molecule has 1 atom stereocenters. The normalized spacial score (nSPS) is 23.6. The lowest BCUT2D eigenvalue weighted by Gasteiger charge is -2.05. The van der Waals surface area contributed by atoms with E-state index in [4.69, 9.17) is 19.2 Å². The zero-order valence-electron chi connectivity index (χ0n) is 7.43. The van der Waals surface area contributed by atoms with Crippen LogP contribution in [0.15, 0.2) is 18.2 Å². The van der Waals surface area contributed by atoms with Crippen LogP contribution in [0, 0.1) is 0 Å². The van der Waals surface area contributed by atoms with E-state index in [0.717, 1.165) is 17.1 Å². The molecule has 2 heterocycles. The number of hydrogen-bond donors (Lipinski definition) is 0. The second-order valence-electron chi connectivity index (χ2n) is 3.24. The van der Waals surface area contributed by atoms with E-state index in [1.54, 1.807) is 7.48 Å². The minimum absolute atomic E-state index is 0.185. The maximum atomic E-state index is 5.28. The highest BCUT2D eigenvalue weighted by Crippen LogP contribution is 2.35. The summed E-state index contributed by atoms with van der Waals surface area (Å²) in [5.41, 5.74) is 1.12. The van der Waals surface area contributed by atoms with E-state index in [-0.39, 0.29) is 5.82 Å². The second-order valence-corrected chi connectivity index (χ2v) is 3.24. The molecule has 1 aromatic carbocycles. The molecule has 1 saturated heterocycles. The zero-order valence-corrected chi connectivity index (χ0v) is 7.43. The first-order valence-corrected chi connectivity index (χ1v) is 4.44. The van der Waals surface area contributed by atoms with Crippen molar-refractivity contribution in [2.75, 3.05) is 13.4 Å². The van der Waals surface area contributed by atoms with E-state index >= 15 is 0 Å². The molecule has 4 nitrogen and oxygen atoms in total. The Labute approximate surface area is 81.9 Å². The number of rotatable bonds is 1. The Hall–Kier alpha value is -1.20. The Morgan fingerprint density at radius 2 is 2.14 bits per heavy atom. The molecule has 1 aromatic rings. The molecular weight excluding hydrogens is 183 g/mol. The first-order chi connectivity index (χ1) is 6.93. The first kappa shape index (κ1) is 8.14. The molecule has 3 rings (SSSR count). The average Bonchev–Trinajstić information content (AvgIpc) is 2.88. The van der Waals surface area contributed by atoms with Crippen molar-refractivity contribution in [3.8, 4) is 11.5 Å². The third-order valence-electron chi connectivity index (χ3n) is 2.36. The van der Waals surface area contributed by atoms with Crippen LogP contribution in [0.5, 0.6) is 11.5 Å². The van der Waals surface area contributed by atoms with Gasteiger partial charge in [0.25, 0.3) is 0 Å². The van der Waals surface area contributed by atoms with Gasteiger partial charge in [0.1, 0.15) is 0 Å². The van der Waals surface area contributed by atoms with Gasteiger partial charge in [-0.1, -0.05) is 6.07 Å². The van der Waals surface area contributed by atoms with E-state index in [9.17, 15) is 0 Å². The fourth-order valence-corrected chi connectivity index (χ4v) is 1.58. The first-order valence-electron chi connectivity index (χ1n) is 4.44. The molecule has 1 unspecified atom stereocenters. The number of benzene rings is 1. The van der Waals surface area contributed by atoms with Crippen LogP contribution in [-0.4, -0.2) is 20.9 Å². The Morgan fingerprint density at radius 1 is 1.21 bits per heavy atom. The Balaban J connectivity index is 1.91. The van der Waals surface area contributed by atoms with Crippen LogP contribution >= 0.6 is 0 Å². The van der Waals surface area contributed by atoms with E-state index in [1.165, 1.54) is 0 Å². The monoisotopic (exact) mass is 191 g/mol. The highest BCUT2D eigenvalue weighted by molar-refractivity contribution is 6.30. The van der Waals surface area contributed by atoms with Crippen molar-refractivity contribution in [3.05, 3.63) is 23.8 Å². The smallest absolute Gasteiger partial charge is 0.354 e. The van der Waals surface area contributed by atoms with Crippen molar-refractivity contribution in [2.24, 2.45) is 0 Å². The van der Waals surface area contributed by atoms with Crippen LogP contribution in [0.1, 0.15) is 11.4 Å². The molecule has 1 radical (unpaired) electrons. The zero-order chi connectivity index (χ0) is 9.38. The fourth-order valence-electron chi connectivity index (χ4n) is 1.58. The summed E-state index contributed by atoms with van der Waals surface area (Å²) in [5.74, 6) is 1.78. The van der Waals surface area contributed by atoms with Gasteiger partial charge in [0.05, 0.1) is 6.61 Å². The maximum absolute atomic E-state index is 5.28. The van der Waals surface area contributed by atoms with E-state index < -0.39 is 0 Å².